The van der Waals surface area contributed by atoms with Gasteiger partial charge in [0.25, 0.3) is 0 Å². The van der Waals surface area contributed by atoms with E-state index in [4.69, 9.17) is 4.74 Å². The minimum atomic E-state index is -0.659. The number of amides is 1. The van der Waals surface area contributed by atoms with Gasteiger partial charge in [0.05, 0.1) is 12.7 Å². The van der Waals surface area contributed by atoms with E-state index in [9.17, 15) is 9.90 Å². The first-order chi connectivity index (χ1) is 9.54. The van der Waals surface area contributed by atoms with E-state index < -0.39 is 6.10 Å². The summed E-state index contributed by atoms with van der Waals surface area (Å²) in [6.07, 6.45) is 0.0542. The number of hydrogen-bond donors (Lipinski definition) is 2. The van der Waals surface area contributed by atoms with Crippen LogP contribution in [0.1, 0.15) is 19.4 Å². The van der Waals surface area contributed by atoms with Gasteiger partial charge in [-0.2, -0.15) is 0 Å². The zero-order chi connectivity index (χ0) is 15.0. The number of hydrogen-bond acceptors (Lipinski definition) is 3. The Morgan fingerprint density at radius 3 is 2.50 bits per heavy atom. The molecule has 112 valence electrons. The molecule has 0 aliphatic rings. The molecule has 2 N–H and O–H groups in total. The lowest BCUT2D eigenvalue weighted by Crippen LogP contribution is -2.40. The largest absolute Gasteiger partial charge is 0.389 e. The van der Waals surface area contributed by atoms with Gasteiger partial charge in [0.15, 0.2) is 0 Å². The molecule has 0 radical (unpaired) electrons. The quantitative estimate of drug-likeness (QED) is 0.760. The van der Waals surface area contributed by atoms with Gasteiger partial charge in [-0.05, 0) is 17.9 Å². The molecule has 1 aromatic carbocycles. The van der Waals surface area contributed by atoms with Gasteiger partial charge in [-0.25, -0.2) is 0 Å². The fourth-order valence-corrected chi connectivity index (χ4v) is 2.10. The van der Waals surface area contributed by atoms with Crippen molar-refractivity contribution in [2.75, 3.05) is 20.3 Å². The van der Waals surface area contributed by atoms with Crippen LogP contribution in [0.2, 0.25) is 0 Å². The number of nitrogens with one attached hydrogen (secondary N) is 1. The van der Waals surface area contributed by atoms with E-state index >= 15 is 0 Å². The van der Waals surface area contributed by atoms with E-state index in [1.165, 1.54) is 7.11 Å². The van der Waals surface area contributed by atoms with Crippen LogP contribution >= 0.6 is 0 Å². The molecule has 0 heterocycles. The Kier molecular flexibility index (Phi) is 7.26. The first-order valence-electron chi connectivity index (χ1n) is 7.03. The molecule has 2 atom stereocenters. The monoisotopic (exact) mass is 279 g/mol. The average molecular weight is 279 g/mol. The molecule has 0 aliphatic carbocycles. The van der Waals surface area contributed by atoms with Gasteiger partial charge in [0.2, 0.25) is 5.91 Å². The predicted octanol–water partition coefficient (Wildman–Crippen LogP) is 1.62. The summed E-state index contributed by atoms with van der Waals surface area (Å²) >= 11 is 0. The molecule has 0 saturated heterocycles. The highest BCUT2D eigenvalue weighted by Crippen LogP contribution is 2.17. The second-order valence-corrected chi connectivity index (χ2v) is 5.39. The number of ether oxygens (including phenoxy) is 1. The minimum absolute atomic E-state index is 0.0148. The van der Waals surface area contributed by atoms with E-state index in [0.29, 0.717) is 6.42 Å². The number of rotatable bonds is 8. The van der Waals surface area contributed by atoms with E-state index in [1.807, 2.05) is 44.2 Å². The number of carbonyl (C=O) groups excluding carboxylic acids is 1. The number of aliphatic hydroxyl groups excluding tert-OH is 1. The van der Waals surface area contributed by atoms with Crippen LogP contribution in [0.25, 0.3) is 0 Å². The zero-order valence-electron chi connectivity index (χ0n) is 12.5. The summed E-state index contributed by atoms with van der Waals surface area (Å²) in [5.74, 6) is 0.140. The molecular weight excluding hydrogens is 254 g/mol. The third-order valence-corrected chi connectivity index (χ3v) is 3.31. The summed E-state index contributed by atoms with van der Waals surface area (Å²) in [5, 5.41) is 12.4. The SMILES string of the molecule is COCC(O)CNC(=O)C(Cc1ccccc1)C(C)C. The Hall–Kier alpha value is -1.39. The van der Waals surface area contributed by atoms with Crippen LogP contribution in [0, 0.1) is 11.8 Å². The average Bonchev–Trinajstić information content (AvgIpc) is 2.43. The minimum Gasteiger partial charge on any atom is -0.389 e. The fraction of sp³-hybridized carbons (Fsp3) is 0.562. The van der Waals surface area contributed by atoms with Gasteiger partial charge in [0, 0.05) is 19.6 Å². The number of aliphatic hydroxyl groups is 1. The second kappa shape index (κ2) is 8.72. The number of carbonyl (C=O) groups is 1. The van der Waals surface area contributed by atoms with Crippen molar-refractivity contribution in [3.8, 4) is 0 Å². The zero-order valence-corrected chi connectivity index (χ0v) is 12.5. The van der Waals surface area contributed by atoms with Crippen LogP contribution < -0.4 is 5.32 Å². The normalized spacial score (nSPS) is 14.1. The van der Waals surface area contributed by atoms with Crippen molar-refractivity contribution in [1.82, 2.24) is 5.32 Å². The highest BCUT2D eigenvalue weighted by Gasteiger charge is 2.22. The molecular formula is C16H25NO3. The summed E-state index contributed by atoms with van der Waals surface area (Å²) in [6, 6.07) is 9.99. The molecule has 0 fully saturated rings. The van der Waals surface area contributed by atoms with Gasteiger partial charge in [-0.15, -0.1) is 0 Å². The molecule has 0 aliphatic heterocycles. The molecule has 4 nitrogen and oxygen atoms in total. The van der Waals surface area contributed by atoms with Gasteiger partial charge in [-0.3, -0.25) is 4.79 Å². The summed E-state index contributed by atoms with van der Waals surface area (Å²) in [7, 11) is 1.53. The van der Waals surface area contributed by atoms with Crippen LogP contribution in [0.3, 0.4) is 0 Å². The van der Waals surface area contributed by atoms with Gasteiger partial charge in [0.1, 0.15) is 0 Å². The Balaban J connectivity index is 2.55. The lowest BCUT2D eigenvalue weighted by atomic mass is 9.88. The number of benzene rings is 1. The van der Waals surface area contributed by atoms with E-state index in [0.717, 1.165) is 5.56 Å². The molecule has 2 unspecified atom stereocenters. The van der Waals surface area contributed by atoms with Crippen molar-refractivity contribution in [2.24, 2.45) is 11.8 Å². The van der Waals surface area contributed by atoms with Crippen molar-refractivity contribution in [1.29, 1.82) is 0 Å². The van der Waals surface area contributed by atoms with Crippen molar-refractivity contribution in [3.63, 3.8) is 0 Å². The van der Waals surface area contributed by atoms with Crippen LogP contribution in [-0.2, 0) is 16.0 Å². The lowest BCUT2D eigenvalue weighted by molar-refractivity contribution is -0.126. The number of methoxy groups -OCH3 is 1. The van der Waals surface area contributed by atoms with E-state index in [1.54, 1.807) is 0 Å². The van der Waals surface area contributed by atoms with Crippen molar-refractivity contribution in [3.05, 3.63) is 35.9 Å². The first kappa shape index (κ1) is 16.7. The molecule has 0 aromatic heterocycles. The maximum Gasteiger partial charge on any atom is 0.223 e. The predicted molar refractivity (Wildman–Crippen MR) is 79.4 cm³/mol. The molecule has 1 aromatic rings. The lowest BCUT2D eigenvalue weighted by Gasteiger charge is -2.21. The van der Waals surface area contributed by atoms with Gasteiger partial charge in [-0.1, -0.05) is 44.2 Å². The van der Waals surface area contributed by atoms with E-state index in [-0.39, 0.29) is 30.9 Å². The maximum absolute atomic E-state index is 12.2. The third kappa shape index (κ3) is 5.72. The fourth-order valence-electron chi connectivity index (χ4n) is 2.10. The summed E-state index contributed by atoms with van der Waals surface area (Å²) in [4.78, 5) is 12.2. The summed E-state index contributed by atoms with van der Waals surface area (Å²) in [5.41, 5.74) is 1.15. The topological polar surface area (TPSA) is 58.6 Å². The van der Waals surface area contributed by atoms with Crippen molar-refractivity contribution in [2.45, 2.75) is 26.4 Å². The van der Waals surface area contributed by atoms with Crippen LogP contribution in [0.5, 0.6) is 0 Å². The van der Waals surface area contributed by atoms with Crippen molar-refractivity contribution >= 4 is 5.91 Å². The maximum atomic E-state index is 12.2. The molecule has 0 spiro atoms. The summed E-state index contributed by atoms with van der Waals surface area (Å²) in [6.45, 7) is 4.54. The Bertz CT molecular complexity index is 392. The Morgan fingerprint density at radius 1 is 1.30 bits per heavy atom. The molecule has 4 heteroatoms. The third-order valence-electron chi connectivity index (χ3n) is 3.31. The highest BCUT2D eigenvalue weighted by atomic mass is 16.5. The molecule has 1 amide bonds. The first-order valence-corrected chi connectivity index (χ1v) is 7.03. The standard InChI is InChI=1S/C16H25NO3/c1-12(2)15(9-13-7-5-4-6-8-13)16(19)17-10-14(18)11-20-3/h4-8,12,14-15,18H,9-11H2,1-3H3,(H,17,19). The van der Waals surface area contributed by atoms with Crippen LogP contribution in [-0.4, -0.2) is 37.4 Å². The van der Waals surface area contributed by atoms with Gasteiger partial charge < -0.3 is 15.2 Å². The molecule has 0 saturated carbocycles. The summed E-state index contributed by atoms with van der Waals surface area (Å²) < 4.78 is 4.84. The Labute approximate surface area is 121 Å². The van der Waals surface area contributed by atoms with Crippen molar-refractivity contribution < 1.29 is 14.6 Å². The van der Waals surface area contributed by atoms with E-state index in [2.05, 4.69) is 5.32 Å². The highest BCUT2D eigenvalue weighted by molar-refractivity contribution is 5.79. The second-order valence-electron chi connectivity index (χ2n) is 5.39. The molecule has 0 bridgehead atoms. The van der Waals surface area contributed by atoms with Gasteiger partial charge >= 0.3 is 0 Å². The smallest absolute Gasteiger partial charge is 0.223 e. The molecule has 20 heavy (non-hydrogen) atoms. The molecule has 1 rings (SSSR count). The van der Waals surface area contributed by atoms with Crippen LogP contribution in [0.4, 0.5) is 0 Å². The Morgan fingerprint density at radius 2 is 1.95 bits per heavy atom. The van der Waals surface area contributed by atoms with Crippen LogP contribution in [0.15, 0.2) is 30.3 Å².